The number of benzene rings is 2. The Bertz CT molecular complexity index is 1000. The summed E-state index contributed by atoms with van der Waals surface area (Å²) in [6.45, 7) is 1.90. The van der Waals surface area contributed by atoms with Crippen LogP contribution in [0, 0.1) is 12.7 Å². The van der Waals surface area contributed by atoms with Gasteiger partial charge in [0.25, 0.3) is 5.56 Å². The molecule has 1 aromatic heterocycles. The number of hydrogen-bond donors (Lipinski definition) is 1. The Balaban J connectivity index is 1.73. The Morgan fingerprint density at radius 3 is 2.81 bits per heavy atom. The van der Waals surface area contributed by atoms with E-state index in [1.807, 2.05) is 31.2 Å². The monoisotopic (exact) mass is 369 g/mol. The number of para-hydroxylation sites is 1. The van der Waals surface area contributed by atoms with E-state index in [-0.39, 0.29) is 16.7 Å². The Hall–Kier alpha value is -2.93. The molecule has 0 fully saturated rings. The van der Waals surface area contributed by atoms with Crippen LogP contribution in [0.1, 0.15) is 5.56 Å². The highest BCUT2D eigenvalue weighted by Crippen LogP contribution is 2.16. The van der Waals surface area contributed by atoms with Gasteiger partial charge >= 0.3 is 0 Å². The van der Waals surface area contributed by atoms with Gasteiger partial charge in [-0.15, -0.1) is 0 Å². The molecular weight excluding hydrogens is 353 g/mol. The van der Waals surface area contributed by atoms with Crippen LogP contribution in [0.5, 0.6) is 0 Å². The third-order valence-corrected chi connectivity index (χ3v) is 4.61. The summed E-state index contributed by atoms with van der Waals surface area (Å²) in [7, 11) is 0. The van der Waals surface area contributed by atoms with Crippen molar-refractivity contribution in [3.05, 3.63) is 82.7 Å². The van der Waals surface area contributed by atoms with Crippen LogP contribution >= 0.6 is 11.8 Å². The third kappa shape index (κ3) is 4.18. The molecule has 0 saturated heterocycles. The molecule has 1 amide bonds. The van der Waals surface area contributed by atoms with E-state index >= 15 is 0 Å². The second kappa shape index (κ2) is 7.97. The molecule has 0 atom stereocenters. The number of carbonyl (C=O) groups excluding carboxylic acids is 1. The van der Waals surface area contributed by atoms with Gasteiger partial charge in [0.2, 0.25) is 5.91 Å². The van der Waals surface area contributed by atoms with E-state index in [2.05, 4.69) is 10.3 Å². The molecule has 0 spiro atoms. The standard InChI is InChI=1S/C19H16FN3O2S/c1-13-5-2-3-8-16(13)22-17(24)12-26-18-19(25)23(10-9-21-18)15-7-4-6-14(20)11-15/h2-11H,12H2,1H3,(H,22,24). The maximum Gasteiger partial charge on any atom is 0.287 e. The summed E-state index contributed by atoms with van der Waals surface area (Å²) in [6.07, 6.45) is 2.92. The van der Waals surface area contributed by atoms with E-state index in [4.69, 9.17) is 0 Å². The van der Waals surface area contributed by atoms with E-state index in [1.54, 1.807) is 6.07 Å². The summed E-state index contributed by atoms with van der Waals surface area (Å²) in [4.78, 5) is 28.7. The van der Waals surface area contributed by atoms with Crippen LogP contribution in [0.4, 0.5) is 10.1 Å². The second-order valence-corrected chi connectivity index (χ2v) is 6.50. The van der Waals surface area contributed by atoms with Crippen molar-refractivity contribution in [2.24, 2.45) is 0 Å². The summed E-state index contributed by atoms with van der Waals surface area (Å²) in [5, 5.41) is 2.99. The summed E-state index contributed by atoms with van der Waals surface area (Å²) >= 11 is 1.04. The van der Waals surface area contributed by atoms with Crippen molar-refractivity contribution < 1.29 is 9.18 Å². The van der Waals surface area contributed by atoms with Gasteiger partial charge in [-0.2, -0.15) is 0 Å². The lowest BCUT2D eigenvalue weighted by molar-refractivity contribution is -0.113. The molecule has 0 radical (unpaired) electrons. The molecule has 5 nitrogen and oxygen atoms in total. The number of carbonyl (C=O) groups is 1. The zero-order valence-electron chi connectivity index (χ0n) is 14.0. The fourth-order valence-corrected chi connectivity index (χ4v) is 3.05. The van der Waals surface area contributed by atoms with E-state index in [1.165, 1.54) is 35.2 Å². The first-order valence-electron chi connectivity index (χ1n) is 7.86. The van der Waals surface area contributed by atoms with Crippen LogP contribution < -0.4 is 10.9 Å². The molecule has 132 valence electrons. The Kier molecular flexibility index (Phi) is 5.48. The number of nitrogens with zero attached hydrogens (tertiary/aromatic N) is 2. The van der Waals surface area contributed by atoms with Crippen LogP contribution in [0.25, 0.3) is 5.69 Å². The van der Waals surface area contributed by atoms with Crippen molar-refractivity contribution in [2.75, 3.05) is 11.1 Å². The first-order valence-corrected chi connectivity index (χ1v) is 8.85. The number of amides is 1. The van der Waals surface area contributed by atoms with Gasteiger partial charge in [-0.3, -0.25) is 14.2 Å². The second-order valence-electron chi connectivity index (χ2n) is 5.54. The lowest BCUT2D eigenvalue weighted by Crippen LogP contribution is -2.22. The highest BCUT2D eigenvalue weighted by Gasteiger charge is 2.11. The molecule has 0 aliphatic rings. The van der Waals surface area contributed by atoms with Gasteiger partial charge in [-0.1, -0.05) is 36.0 Å². The smallest absolute Gasteiger partial charge is 0.287 e. The largest absolute Gasteiger partial charge is 0.325 e. The summed E-state index contributed by atoms with van der Waals surface area (Å²) < 4.78 is 14.7. The minimum Gasteiger partial charge on any atom is -0.325 e. The molecule has 26 heavy (non-hydrogen) atoms. The van der Waals surface area contributed by atoms with Gasteiger partial charge in [0.1, 0.15) is 5.82 Å². The van der Waals surface area contributed by atoms with E-state index in [0.29, 0.717) is 5.69 Å². The normalized spacial score (nSPS) is 10.5. The molecule has 7 heteroatoms. The number of halogens is 1. The van der Waals surface area contributed by atoms with Crippen LogP contribution in [-0.2, 0) is 4.79 Å². The van der Waals surface area contributed by atoms with Crippen LogP contribution in [-0.4, -0.2) is 21.2 Å². The number of aryl methyl sites for hydroxylation is 1. The third-order valence-electron chi connectivity index (χ3n) is 3.65. The number of hydrogen-bond acceptors (Lipinski definition) is 4. The highest BCUT2D eigenvalue weighted by atomic mass is 32.2. The summed E-state index contributed by atoms with van der Waals surface area (Å²) in [5.74, 6) is -0.617. The van der Waals surface area contributed by atoms with Gasteiger partial charge in [0.15, 0.2) is 5.03 Å². The maximum atomic E-state index is 13.4. The minimum absolute atomic E-state index is 0.0454. The number of thioether (sulfide) groups is 1. The van der Waals surface area contributed by atoms with Crippen molar-refractivity contribution in [2.45, 2.75) is 11.9 Å². The van der Waals surface area contributed by atoms with Gasteiger partial charge in [0.05, 0.1) is 11.4 Å². The van der Waals surface area contributed by atoms with Crippen molar-refractivity contribution in [1.82, 2.24) is 9.55 Å². The predicted octanol–water partition coefficient (Wildman–Crippen LogP) is 3.41. The SMILES string of the molecule is Cc1ccccc1NC(=O)CSc1nccn(-c2cccc(F)c2)c1=O. The molecule has 1 heterocycles. The molecule has 0 saturated carbocycles. The van der Waals surface area contributed by atoms with E-state index in [0.717, 1.165) is 23.0 Å². The molecule has 2 aromatic carbocycles. The first-order chi connectivity index (χ1) is 12.5. The number of anilines is 1. The van der Waals surface area contributed by atoms with E-state index < -0.39 is 11.4 Å². The van der Waals surface area contributed by atoms with Gasteiger partial charge < -0.3 is 5.32 Å². The fraction of sp³-hybridized carbons (Fsp3) is 0.105. The minimum atomic E-state index is -0.432. The fourth-order valence-electron chi connectivity index (χ4n) is 2.36. The molecule has 0 bridgehead atoms. The van der Waals surface area contributed by atoms with Gasteiger partial charge in [-0.25, -0.2) is 9.37 Å². The lowest BCUT2D eigenvalue weighted by Gasteiger charge is -2.09. The molecule has 3 aromatic rings. The highest BCUT2D eigenvalue weighted by molar-refractivity contribution is 7.99. The average molecular weight is 369 g/mol. The predicted molar refractivity (Wildman–Crippen MR) is 100 cm³/mol. The summed E-state index contributed by atoms with van der Waals surface area (Å²) in [6, 6.07) is 13.2. The Morgan fingerprint density at radius 1 is 1.23 bits per heavy atom. The topological polar surface area (TPSA) is 64.0 Å². The average Bonchev–Trinajstić information content (AvgIpc) is 2.63. The molecule has 0 aliphatic heterocycles. The zero-order chi connectivity index (χ0) is 18.5. The first kappa shape index (κ1) is 17.9. The molecule has 1 N–H and O–H groups in total. The number of nitrogens with one attached hydrogen (secondary N) is 1. The Morgan fingerprint density at radius 2 is 2.04 bits per heavy atom. The maximum absolute atomic E-state index is 13.4. The van der Waals surface area contributed by atoms with Gasteiger partial charge in [-0.05, 0) is 36.8 Å². The quantitative estimate of drug-likeness (QED) is 0.700. The zero-order valence-corrected chi connectivity index (χ0v) is 14.8. The van der Waals surface area contributed by atoms with Crippen molar-refractivity contribution in [1.29, 1.82) is 0 Å². The molecule has 3 rings (SSSR count). The van der Waals surface area contributed by atoms with Crippen LogP contribution in [0.2, 0.25) is 0 Å². The van der Waals surface area contributed by atoms with Crippen LogP contribution in [0.15, 0.2) is 70.7 Å². The van der Waals surface area contributed by atoms with Crippen LogP contribution in [0.3, 0.4) is 0 Å². The van der Waals surface area contributed by atoms with Gasteiger partial charge in [0, 0.05) is 18.1 Å². The molecular formula is C19H16FN3O2S. The van der Waals surface area contributed by atoms with E-state index in [9.17, 15) is 14.0 Å². The number of rotatable bonds is 5. The molecule has 0 aliphatic carbocycles. The number of aromatic nitrogens is 2. The Labute approximate surface area is 153 Å². The summed E-state index contributed by atoms with van der Waals surface area (Å²) in [5.41, 5.74) is 1.70. The van der Waals surface area contributed by atoms with Crippen molar-refractivity contribution in [3.63, 3.8) is 0 Å². The van der Waals surface area contributed by atoms with Crippen molar-refractivity contribution >= 4 is 23.4 Å². The molecule has 0 unspecified atom stereocenters. The lowest BCUT2D eigenvalue weighted by atomic mass is 10.2. The van der Waals surface area contributed by atoms with Crippen molar-refractivity contribution in [3.8, 4) is 5.69 Å².